The molecule has 1 aromatic heterocycles. The van der Waals surface area contributed by atoms with Gasteiger partial charge in [0.1, 0.15) is 21.4 Å². The highest BCUT2D eigenvalue weighted by Crippen LogP contribution is 2.74. The van der Waals surface area contributed by atoms with Crippen LogP contribution in [0.5, 0.6) is 0 Å². The fourth-order valence-corrected chi connectivity index (χ4v) is 5.45. The van der Waals surface area contributed by atoms with Crippen LogP contribution in [0.2, 0.25) is 5.15 Å². The standard InChI is InChI=1S/C19H15ClF4N4OS/c1-17(15-18(8-29,19(15,23)24)30-16(25)28-17)10-4-9(2-3-11(10)21)5-12(22)13-6-27-14(20)7-26-13/h2-7,15,29H,8H2,1H3,(H2,25,28)/b12-5-/t15-,17-,18-/m1/s1. The number of rotatable bonds is 4. The van der Waals surface area contributed by atoms with E-state index in [1.807, 2.05) is 0 Å². The van der Waals surface area contributed by atoms with E-state index in [4.69, 9.17) is 17.3 Å². The number of aliphatic hydroxyl groups excluding tert-OH is 1. The molecule has 2 aromatic rings. The second-order valence-electron chi connectivity index (χ2n) is 7.26. The first-order valence-corrected chi connectivity index (χ1v) is 9.93. The highest BCUT2D eigenvalue weighted by molar-refractivity contribution is 8.15. The third kappa shape index (κ3) is 3.00. The molecular formula is C19H15ClF4N4OS. The van der Waals surface area contributed by atoms with Gasteiger partial charge in [0.15, 0.2) is 11.0 Å². The van der Waals surface area contributed by atoms with Crippen molar-refractivity contribution in [1.82, 2.24) is 9.97 Å². The summed E-state index contributed by atoms with van der Waals surface area (Å²) in [4.78, 5) is 11.7. The number of hydrogen-bond donors (Lipinski definition) is 2. The summed E-state index contributed by atoms with van der Waals surface area (Å²) in [5.74, 6) is -6.35. The third-order valence-electron chi connectivity index (χ3n) is 5.43. The summed E-state index contributed by atoms with van der Waals surface area (Å²) in [5.41, 5.74) is 3.94. The molecule has 5 nitrogen and oxygen atoms in total. The van der Waals surface area contributed by atoms with E-state index in [-0.39, 0.29) is 27.1 Å². The molecular weight excluding hydrogens is 444 g/mol. The number of fused-ring (bicyclic) bond motifs is 1. The van der Waals surface area contributed by atoms with Crippen LogP contribution in [-0.4, -0.2) is 37.5 Å². The van der Waals surface area contributed by atoms with Gasteiger partial charge >= 0.3 is 0 Å². The lowest BCUT2D eigenvalue weighted by atomic mass is 9.84. The molecule has 2 heterocycles. The lowest BCUT2D eigenvalue weighted by molar-refractivity contribution is 0.0685. The number of alkyl halides is 2. The second kappa shape index (κ2) is 6.93. The molecule has 0 radical (unpaired) electrons. The third-order valence-corrected chi connectivity index (χ3v) is 6.93. The van der Waals surface area contributed by atoms with Gasteiger partial charge in [-0.15, -0.1) is 0 Å². The monoisotopic (exact) mass is 458 g/mol. The lowest BCUT2D eigenvalue weighted by Gasteiger charge is -2.32. The van der Waals surface area contributed by atoms with Gasteiger partial charge in [0.25, 0.3) is 5.92 Å². The summed E-state index contributed by atoms with van der Waals surface area (Å²) in [6, 6.07) is 3.57. The Bertz CT molecular complexity index is 1080. The van der Waals surface area contributed by atoms with Crippen LogP contribution in [0, 0.1) is 11.7 Å². The molecule has 4 rings (SSSR count). The lowest BCUT2D eigenvalue weighted by Crippen LogP contribution is -2.37. The first-order valence-electron chi connectivity index (χ1n) is 8.73. The Morgan fingerprint density at radius 2 is 2.07 bits per heavy atom. The second-order valence-corrected chi connectivity index (χ2v) is 9.00. The Kier molecular flexibility index (Phi) is 4.87. The molecule has 0 spiro atoms. The van der Waals surface area contributed by atoms with E-state index in [1.54, 1.807) is 0 Å². The zero-order chi connectivity index (χ0) is 21.9. The van der Waals surface area contributed by atoms with E-state index < -0.39 is 40.4 Å². The maximum absolute atomic E-state index is 14.7. The summed E-state index contributed by atoms with van der Waals surface area (Å²) in [6.07, 6.45) is 3.37. The van der Waals surface area contributed by atoms with Crippen LogP contribution in [0.15, 0.2) is 35.6 Å². The van der Waals surface area contributed by atoms with Gasteiger partial charge in [-0.05, 0) is 30.7 Å². The molecule has 3 atom stereocenters. The number of halogens is 5. The van der Waals surface area contributed by atoms with Crippen LogP contribution in [-0.2, 0) is 5.54 Å². The largest absolute Gasteiger partial charge is 0.395 e. The normalized spacial score (nSPS) is 29.9. The first kappa shape index (κ1) is 21.1. The fraction of sp³-hybridized carbons (Fsp3) is 0.316. The van der Waals surface area contributed by atoms with Crippen LogP contribution in [0.3, 0.4) is 0 Å². The summed E-state index contributed by atoms with van der Waals surface area (Å²) in [7, 11) is 0. The minimum atomic E-state index is -3.31. The average Bonchev–Trinajstić information content (AvgIpc) is 3.19. The van der Waals surface area contributed by atoms with Crippen molar-refractivity contribution in [1.29, 1.82) is 0 Å². The minimum Gasteiger partial charge on any atom is -0.395 e. The van der Waals surface area contributed by atoms with Crippen LogP contribution < -0.4 is 5.73 Å². The van der Waals surface area contributed by atoms with Gasteiger partial charge in [-0.3, -0.25) is 4.99 Å². The smallest absolute Gasteiger partial charge is 0.272 e. The van der Waals surface area contributed by atoms with Crippen molar-refractivity contribution in [3.63, 3.8) is 0 Å². The molecule has 3 N–H and O–H groups in total. The molecule has 0 bridgehead atoms. The SMILES string of the molecule is C[C@]1(c2cc(/C=C(\F)c3cnc(Cl)cn3)ccc2F)N=C(N)S[C@]2(CO)[C@@H]1C2(F)F. The van der Waals surface area contributed by atoms with Crippen molar-refractivity contribution in [3.05, 3.63) is 58.4 Å². The van der Waals surface area contributed by atoms with Gasteiger partial charge in [0.2, 0.25) is 0 Å². The highest BCUT2D eigenvalue weighted by Gasteiger charge is 2.87. The summed E-state index contributed by atoms with van der Waals surface area (Å²) in [5, 5.41) is 9.54. The van der Waals surface area contributed by atoms with E-state index >= 15 is 0 Å². The maximum atomic E-state index is 14.7. The molecule has 1 aliphatic carbocycles. The molecule has 1 aromatic carbocycles. The average molecular weight is 459 g/mol. The number of amidine groups is 1. The quantitative estimate of drug-likeness (QED) is 0.676. The topological polar surface area (TPSA) is 84.4 Å². The van der Waals surface area contributed by atoms with Crippen molar-refractivity contribution < 1.29 is 22.7 Å². The van der Waals surface area contributed by atoms with E-state index in [0.29, 0.717) is 11.8 Å². The predicted molar refractivity (Wildman–Crippen MR) is 107 cm³/mol. The summed E-state index contributed by atoms with van der Waals surface area (Å²) in [6.45, 7) is 0.495. The van der Waals surface area contributed by atoms with Gasteiger partial charge in [0.05, 0.1) is 30.5 Å². The Labute approximate surface area is 178 Å². The maximum Gasteiger partial charge on any atom is 0.272 e. The number of hydrogen-bond acceptors (Lipinski definition) is 6. The van der Waals surface area contributed by atoms with Gasteiger partial charge in [-0.2, -0.15) is 0 Å². The minimum absolute atomic E-state index is 0.0897. The Hall–Kier alpha value is -2.17. The summed E-state index contributed by atoms with van der Waals surface area (Å²) < 4.78 is 56.7. The molecule has 0 unspecified atom stereocenters. The molecule has 0 amide bonds. The summed E-state index contributed by atoms with van der Waals surface area (Å²) >= 11 is 6.22. The number of nitrogens with two attached hydrogens (primary N) is 1. The molecule has 1 saturated carbocycles. The molecule has 2 aliphatic rings. The molecule has 30 heavy (non-hydrogen) atoms. The highest BCUT2D eigenvalue weighted by atomic mass is 35.5. The zero-order valence-corrected chi connectivity index (χ0v) is 17.0. The Morgan fingerprint density at radius 1 is 1.33 bits per heavy atom. The van der Waals surface area contributed by atoms with E-state index in [1.165, 1.54) is 25.3 Å². The predicted octanol–water partition coefficient (Wildman–Crippen LogP) is 4.01. The van der Waals surface area contributed by atoms with Gasteiger partial charge < -0.3 is 10.8 Å². The molecule has 1 fully saturated rings. The van der Waals surface area contributed by atoms with Crippen molar-refractivity contribution in [2.45, 2.75) is 23.1 Å². The van der Waals surface area contributed by atoms with Gasteiger partial charge in [-0.25, -0.2) is 27.5 Å². The Morgan fingerprint density at radius 3 is 2.70 bits per heavy atom. The van der Waals surface area contributed by atoms with Gasteiger partial charge in [0, 0.05) is 5.56 Å². The zero-order valence-electron chi connectivity index (χ0n) is 15.4. The number of aromatic nitrogens is 2. The van der Waals surface area contributed by atoms with E-state index in [2.05, 4.69) is 15.0 Å². The Balaban J connectivity index is 1.78. The van der Waals surface area contributed by atoms with Crippen molar-refractivity contribution in [3.8, 4) is 0 Å². The molecule has 1 aliphatic heterocycles. The van der Waals surface area contributed by atoms with Gasteiger partial charge in [-0.1, -0.05) is 29.4 Å². The number of aliphatic hydroxyl groups is 1. The number of nitrogens with zero attached hydrogens (tertiary/aromatic N) is 3. The van der Waals surface area contributed by atoms with Crippen LogP contribution >= 0.6 is 23.4 Å². The van der Waals surface area contributed by atoms with E-state index in [0.717, 1.165) is 18.3 Å². The van der Waals surface area contributed by atoms with Crippen molar-refractivity contribution in [2.75, 3.05) is 6.61 Å². The van der Waals surface area contributed by atoms with Crippen molar-refractivity contribution in [2.24, 2.45) is 16.6 Å². The van der Waals surface area contributed by atoms with Crippen LogP contribution in [0.25, 0.3) is 11.9 Å². The molecule has 0 saturated heterocycles. The number of thioether (sulfide) groups is 1. The number of aliphatic imine (C=N–C) groups is 1. The van der Waals surface area contributed by atoms with Crippen molar-refractivity contribution >= 4 is 40.4 Å². The van der Waals surface area contributed by atoms with Crippen LogP contribution in [0.1, 0.15) is 23.7 Å². The van der Waals surface area contributed by atoms with Crippen LogP contribution in [0.4, 0.5) is 17.6 Å². The van der Waals surface area contributed by atoms with E-state index in [9.17, 15) is 22.7 Å². The fourth-order valence-electron chi connectivity index (χ4n) is 3.99. The molecule has 158 valence electrons. The molecule has 11 heteroatoms. The first-order chi connectivity index (χ1) is 14.0. The number of benzene rings is 1.